The second-order valence-electron chi connectivity index (χ2n) is 3.42. The van der Waals surface area contributed by atoms with Gasteiger partial charge in [0, 0.05) is 5.02 Å². The zero-order valence-electron chi connectivity index (χ0n) is 8.95. The van der Waals surface area contributed by atoms with Crippen molar-refractivity contribution in [1.82, 2.24) is 0 Å². The molecule has 1 N–H and O–H groups in total. The molecule has 9 heteroatoms. The van der Waals surface area contributed by atoms with E-state index in [1.54, 1.807) is 0 Å². The largest absolute Gasteiger partial charge is 0.276 e. The number of halogens is 4. The average Bonchev–Trinajstić information content (AvgIpc) is 2.65. The number of hydrogen-bond acceptors (Lipinski definition) is 3. The molecule has 0 bridgehead atoms. The highest BCUT2D eigenvalue weighted by molar-refractivity contribution is 9.11. The van der Waals surface area contributed by atoms with Crippen molar-refractivity contribution in [3.63, 3.8) is 0 Å². The molecule has 1 aromatic carbocycles. The molecule has 1 aromatic heterocycles. The highest BCUT2D eigenvalue weighted by Crippen LogP contribution is 2.35. The summed E-state index contributed by atoms with van der Waals surface area (Å²) in [5.41, 5.74) is -0.215. The van der Waals surface area contributed by atoms with Crippen LogP contribution in [0.2, 0.25) is 10.0 Å². The second kappa shape index (κ2) is 5.57. The Balaban J connectivity index is 2.39. The summed E-state index contributed by atoms with van der Waals surface area (Å²) in [6.45, 7) is 0. The van der Waals surface area contributed by atoms with E-state index >= 15 is 0 Å². The predicted molar refractivity (Wildman–Crippen MR) is 79.2 cm³/mol. The number of nitrogens with one attached hydrogen (secondary N) is 1. The third-order valence-corrected chi connectivity index (χ3v) is 6.61. The molecule has 1 heterocycles. The van der Waals surface area contributed by atoms with Gasteiger partial charge in [-0.25, -0.2) is 12.8 Å². The normalized spacial score (nSPS) is 11.6. The number of thiophene rings is 1. The Bertz CT molecular complexity index is 714. The van der Waals surface area contributed by atoms with Gasteiger partial charge in [0.25, 0.3) is 10.0 Å². The van der Waals surface area contributed by atoms with Crippen molar-refractivity contribution in [2.45, 2.75) is 4.21 Å². The van der Waals surface area contributed by atoms with Crippen molar-refractivity contribution in [2.24, 2.45) is 0 Å². The molecule has 2 rings (SSSR count). The van der Waals surface area contributed by atoms with E-state index in [9.17, 15) is 12.8 Å². The smallest absolute Gasteiger partial charge is 0.271 e. The fraction of sp³-hybridized carbons (Fsp3) is 0. The lowest BCUT2D eigenvalue weighted by atomic mass is 10.3. The van der Waals surface area contributed by atoms with E-state index in [4.69, 9.17) is 23.2 Å². The highest BCUT2D eigenvalue weighted by Gasteiger charge is 2.20. The lowest BCUT2D eigenvalue weighted by molar-refractivity contribution is 0.600. The lowest BCUT2D eigenvalue weighted by Crippen LogP contribution is -2.12. The van der Waals surface area contributed by atoms with Gasteiger partial charge in [-0.1, -0.05) is 23.2 Å². The molecule has 0 spiro atoms. The standard InChI is InChI=1S/C10H5BrCl2FNO2S2/c11-10-6(13)4-9(18-10)19(16,17)15-8-3-5(12)1-2-7(8)14/h1-4,15H. The lowest BCUT2D eigenvalue weighted by Gasteiger charge is -2.07. The van der Waals surface area contributed by atoms with Crippen molar-refractivity contribution in [3.05, 3.63) is 43.9 Å². The molecule has 0 radical (unpaired) electrons. The zero-order chi connectivity index (χ0) is 14.2. The Morgan fingerprint density at radius 1 is 1.26 bits per heavy atom. The van der Waals surface area contributed by atoms with Gasteiger partial charge in [0.1, 0.15) is 10.0 Å². The first-order valence-electron chi connectivity index (χ1n) is 4.72. The first-order valence-corrected chi connectivity index (χ1v) is 8.57. The van der Waals surface area contributed by atoms with E-state index in [0.717, 1.165) is 17.4 Å². The van der Waals surface area contributed by atoms with Crippen LogP contribution in [0.1, 0.15) is 0 Å². The molecule has 0 aliphatic carbocycles. The van der Waals surface area contributed by atoms with Gasteiger partial charge in [0.2, 0.25) is 0 Å². The van der Waals surface area contributed by atoms with Crippen molar-refractivity contribution in [3.8, 4) is 0 Å². The molecular formula is C10H5BrCl2FNO2S2. The Morgan fingerprint density at radius 2 is 1.95 bits per heavy atom. The minimum Gasteiger partial charge on any atom is -0.276 e. The van der Waals surface area contributed by atoms with Crippen molar-refractivity contribution in [1.29, 1.82) is 0 Å². The summed E-state index contributed by atoms with van der Waals surface area (Å²) in [5, 5.41) is 0.501. The van der Waals surface area contributed by atoms with Crippen LogP contribution in [0.15, 0.2) is 32.3 Å². The molecule has 102 valence electrons. The Kier molecular flexibility index (Phi) is 4.42. The van der Waals surface area contributed by atoms with E-state index in [1.807, 2.05) is 0 Å². The van der Waals surface area contributed by atoms with Gasteiger partial charge < -0.3 is 0 Å². The quantitative estimate of drug-likeness (QED) is 0.801. The number of hydrogen-bond donors (Lipinski definition) is 1. The molecule has 3 nitrogen and oxygen atoms in total. The molecule has 0 atom stereocenters. The van der Waals surface area contributed by atoms with Crippen LogP contribution in [0.3, 0.4) is 0 Å². The van der Waals surface area contributed by atoms with Gasteiger partial charge in [-0.15, -0.1) is 11.3 Å². The van der Waals surface area contributed by atoms with Gasteiger partial charge in [0.15, 0.2) is 0 Å². The van der Waals surface area contributed by atoms with Crippen molar-refractivity contribution >= 4 is 66.2 Å². The monoisotopic (exact) mass is 403 g/mol. The summed E-state index contributed by atoms with van der Waals surface area (Å²) in [5.74, 6) is -0.713. The van der Waals surface area contributed by atoms with Crippen LogP contribution in [-0.4, -0.2) is 8.42 Å². The van der Waals surface area contributed by atoms with Gasteiger partial charge in [-0.05, 0) is 40.2 Å². The van der Waals surface area contributed by atoms with Crippen LogP contribution in [-0.2, 0) is 10.0 Å². The third-order valence-electron chi connectivity index (χ3n) is 2.06. The molecule has 19 heavy (non-hydrogen) atoms. The molecule has 0 saturated heterocycles. The SMILES string of the molecule is O=S(=O)(Nc1cc(Cl)ccc1F)c1cc(Cl)c(Br)s1. The summed E-state index contributed by atoms with van der Waals surface area (Å²) in [6.07, 6.45) is 0. The Labute approximate surface area is 131 Å². The third kappa shape index (κ3) is 3.41. The molecular weight excluding hydrogens is 400 g/mol. The maximum Gasteiger partial charge on any atom is 0.271 e. The van der Waals surface area contributed by atoms with E-state index < -0.39 is 15.8 Å². The minimum atomic E-state index is -3.90. The number of rotatable bonds is 3. The minimum absolute atomic E-state index is 0.0243. The van der Waals surface area contributed by atoms with E-state index in [-0.39, 0.29) is 19.9 Å². The number of anilines is 1. The van der Waals surface area contributed by atoms with E-state index in [2.05, 4.69) is 20.7 Å². The molecule has 0 aliphatic rings. The Morgan fingerprint density at radius 3 is 2.53 bits per heavy atom. The summed E-state index contributed by atoms with van der Waals surface area (Å²) in [4.78, 5) is 0. The fourth-order valence-corrected chi connectivity index (χ4v) is 4.86. The molecule has 2 aromatic rings. The van der Waals surface area contributed by atoms with Crippen LogP contribution in [0.25, 0.3) is 0 Å². The maximum absolute atomic E-state index is 13.5. The van der Waals surface area contributed by atoms with E-state index in [1.165, 1.54) is 18.2 Å². The van der Waals surface area contributed by atoms with Crippen LogP contribution in [0, 0.1) is 5.82 Å². The van der Waals surface area contributed by atoms with Gasteiger partial charge in [-0.3, -0.25) is 4.72 Å². The first-order chi connectivity index (χ1) is 8.79. The second-order valence-corrected chi connectivity index (χ2v) is 8.54. The van der Waals surface area contributed by atoms with Crippen LogP contribution in [0.4, 0.5) is 10.1 Å². The van der Waals surface area contributed by atoms with Crippen LogP contribution < -0.4 is 4.72 Å². The fourth-order valence-electron chi connectivity index (χ4n) is 1.23. The number of sulfonamides is 1. The van der Waals surface area contributed by atoms with Crippen molar-refractivity contribution < 1.29 is 12.8 Å². The molecule has 0 aliphatic heterocycles. The predicted octanol–water partition coefficient (Wildman–Crippen LogP) is 4.76. The van der Waals surface area contributed by atoms with Crippen LogP contribution in [0.5, 0.6) is 0 Å². The molecule has 0 unspecified atom stereocenters. The van der Waals surface area contributed by atoms with E-state index in [0.29, 0.717) is 3.79 Å². The summed E-state index contributed by atoms with van der Waals surface area (Å²) in [7, 11) is -3.90. The summed E-state index contributed by atoms with van der Waals surface area (Å²) >= 11 is 15.5. The topological polar surface area (TPSA) is 46.2 Å². The average molecular weight is 405 g/mol. The summed E-state index contributed by atoms with van der Waals surface area (Å²) < 4.78 is 40.2. The molecule has 0 amide bonds. The van der Waals surface area contributed by atoms with Gasteiger partial charge in [-0.2, -0.15) is 0 Å². The molecule has 0 saturated carbocycles. The van der Waals surface area contributed by atoms with Crippen molar-refractivity contribution in [2.75, 3.05) is 4.72 Å². The first kappa shape index (κ1) is 15.1. The highest BCUT2D eigenvalue weighted by atomic mass is 79.9. The van der Waals surface area contributed by atoms with Gasteiger partial charge >= 0.3 is 0 Å². The maximum atomic E-state index is 13.5. The number of benzene rings is 1. The van der Waals surface area contributed by atoms with Gasteiger partial charge in [0.05, 0.1) is 14.5 Å². The molecule has 0 fully saturated rings. The summed E-state index contributed by atoms with van der Waals surface area (Å²) in [6, 6.07) is 4.88. The Hall–Kier alpha value is -0.340. The van der Waals surface area contributed by atoms with Crippen LogP contribution >= 0.6 is 50.5 Å². The zero-order valence-corrected chi connectivity index (χ0v) is 13.7.